The van der Waals surface area contributed by atoms with Crippen molar-refractivity contribution in [3.8, 4) is 0 Å². The molecule has 2 rings (SSSR count). The number of aryl methyl sites for hydroxylation is 2. The molecular weight excluding hydrogens is 292 g/mol. The fraction of sp³-hybridized carbons (Fsp3) is 0.667. The first kappa shape index (κ1) is 15.4. The van der Waals surface area contributed by atoms with E-state index in [0.29, 0.717) is 10.5 Å². The van der Waals surface area contributed by atoms with Crippen LogP contribution < -0.4 is 0 Å². The molecule has 2 aromatic rings. The first-order chi connectivity index (χ1) is 9.52. The molecule has 0 unspecified atom stereocenters. The van der Waals surface area contributed by atoms with Gasteiger partial charge in [0.15, 0.2) is 0 Å². The Hall–Kier alpha value is -1.02. The van der Waals surface area contributed by atoms with E-state index in [4.69, 9.17) is 0 Å². The van der Waals surface area contributed by atoms with Crippen molar-refractivity contribution in [3.05, 3.63) is 11.6 Å². The molecule has 0 bridgehead atoms. The van der Waals surface area contributed by atoms with E-state index < -0.39 is 0 Å². The Bertz CT molecular complexity index is 485. The number of aromatic nitrogens is 6. The molecule has 2 N–H and O–H groups in total. The van der Waals surface area contributed by atoms with E-state index in [1.807, 2.05) is 0 Å². The monoisotopic (exact) mass is 312 g/mol. The molecule has 110 valence electrons. The number of nitrogens with zero attached hydrogens (tertiary/aromatic N) is 4. The van der Waals surface area contributed by atoms with E-state index in [2.05, 4.69) is 58.1 Å². The molecule has 0 aliphatic heterocycles. The zero-order valence-corrected chi connectivity index (χ0v) is 13.8. The van der Waals surface area contributed by atoms with Gasteiger partial charge >= 0.3 is 0 Å². The average Bonchev–Trinajstić information content (AvgIpc) is 2.94. The second kappa shape index (κ2) is 7.12. The summed E-state index contributed by atoms with van der Waals surface area (Å²) in [5.41, 5.74) is 0. The molecule has 0 fully saturated rings. The summed E-state index contributed by atoms with van der Waals surface area (Å²) >= 11 is 3.32. The van der Waals surface area contributed by atoms with Gasteiger partial charge in [0.25, 0.3) is 0 Å². The highest BCUT2D eigenvalue weighted by Crippen LogP contribution is 2.19. The first-order valence-electron chi connectivity index (χ1n) is 6.69. The van der Waals surface area contributed by atoms with Crippen molar-refractivity contribution in [1.29, 1.82) is 0 Å². The molecule has 0 saturated carbocycles. The van der Waals surface area contributed by atoms with Crippen LogP contribution in [0.4, 0.5) is 0 Å². The Labute approximate surface area is 127 Å². The van der Waals surface area contributed by atoms with Crippen molar-refractivity contribution in [2.45, 2.75) is 61.3 Å². The van der Waals surface area contributed by atoms with Gasteiger partial charge in [-0.25, -0.2) is 9.97 Å². The van der Waals surface area contributed by atoms with Crippen LogP contribution in [0.1, 0.15) is 39.3 Å². The van der Waals surface area contributed by atoms with Crippen LogP contribution in [0.15, 0.2) is 10.3 Å². The van der Waals surface area contributed by atoms with Gasteiger partial charge in [-0.3, -0.25) is 10.2 Å². The predicted octanol–water partition coefficient (Wildman–Crippen LogP) is 2.71. The van der Waals surface area contributed by atoms with Gasteiger partial charge in [0.1, 0.15) is 11.6 Å². The lowest BCUT2D eigenvalue weighted by atomic mass is 10.3. The Morgan fingerprint density at radius 2 is 1.20 bits per heavy atom. The Morgan fingerprint density at radius 1 is 0.800 bits per heavy atom. The molecule has 6 nitrogen and oxygen atoms in total. The van der Waals surface area contributed by atoms with Gasteiger partial charge in [0.2, 0.25) is 10.3 Å². The van der Waals surface area contributed by atoms with E-state index in [9.17, 15) is 0 Å². The van der Waals surface area contributed by atoms with Gasteiger partial charge in [-0.05, 0) is 0 Å². The van der Waals surface area contributed by atoms with Gasteiger partial charge in [-0.15, -0.1) is 10.2 Å². The molecule has 0 saturated heterocycles. The van der Waals surface area contributed by atoms with Gasteiger partial charge in [0.05, 0.1) is 0 Å². The normalized spacial score (nSPS) is 11.7. The van der Waals surface area contributed by atoms with E-state index in [0.717, 1.165) is 34.8 Å². The number of H-pyrrole nitrogens is 2. The quantitative estimate of drug-likeness (QED) is 0.765. The van der Waals surface area contributed by atoms with Crippen molar-refractivity contribution in [2.75, 3.05) is 0 Å². The molecule has 8 heteroatoms. The van der Waals surface area contributed by atoms with Crippen LogP contribution in [0.25, 0.3) is 0 Å². The van der Waals surface area contributed by atoms with Crippen molar-refractivity contribution < 1.29 is 0 Å². The van der Waals surface area contributed by atoms with Crippen LogP contribution in [0.3, 0.4) is 0 Å². The Balaban J connectivity index is 1.85. The van der Waals surface area contributed by atoms with Gasteiger partial charge in [0, 0.05) is 23.3 Å². The fourth-order valence-corrected chi connectivity index (χ4v) is 2.91. The lowest BCUT2D eigenvalue weighted by Crippen LogP contribution is -1.96. The van der Waals surface area contributed by atoms with Gasteiger partial charge < -0.3 is 0 Å². The minimum Gasteiger partial charge on any atom is -0.262 e. The summed E-state index contributed by atoms with van der Waals surface area (Å²) in [6, 6.07) is 0. The minimum absolute atomic E-state index is 0.489. The molecule has 0 amide bonds. The zero-order valence-electron chi connectivity index (χ0n) is 12.2. The van der Waals surface area contributed by atoms with E-state index >= 15 is 0 Å². The highest BCUT2D eigenvalue weighted by molar-refractivity contribution is 7.99. The molecule has 0 spiro atoms. The summed E-state index contributed by atoms with van der Waals surface area (Å²) < 4.78 is 0. The number of thioether (sulfide) groups is 2. The van der Waals surface area contributed by atoms with Crippen LogP contribution in [-0.4, -0.2) is 40.9 Å². The maximum Gasteiger partial charge on any atom is 0.208 e. The van der Waals surface area contributed by atoms with Crippen LogP contribution >= 0.6 is 23.5 Å². The standard InChI is InChI=1S/C12H20N6S2/c1-7(2)19-11-13-9(15-17-11)5-6-10-14-12(18-16-10)20-8(3)4/h7-8H,5-6H2,1-4H3,(H,13,15,17)(H,14,16,18). The topological polar surface area (TPSA) is 83.1 Å². The fourth-order valence-electron chi connectivity index (χ4n) is 1.54. The van der Waals surface area contributed by atoms with Crippen LogP contribution in [-0.2, 0) is 12.8 Å². The van der Waals surface area contributed by atoms with Gasteiger partial charge in [-0.1, -0.05) is 51.2 Å². The number of hydrogen-bond acceptors (Lipinski definition) is 6. The summed E-state index contributed by atoms with van der Waals surface area (Å²) in [6.45, 7) is 8.51. The number of hydrogen-bond donors (Lipinski definition) is 2. The summed E-state index contributed by atoms with van der Waals surface area (Å²) in [5.74, 6) is 1.78. The van der Waals surface area contributed by atoms with Crippen LogP contribution in [0, 0.1) is 0 Å². The third-order valence-electron chi connectivity index (χ3n) is 2.30. The Morgan fingerprint density at radius 3 is 1.55 bits per heavy atom. The second-order valence-corrected chi connectivity index (χ2v) is 8.05. The molecule has 2 heterocycles. The average molecular weight is 312 g/mol. The smallest absolute Gasteiger partial charge is 0.208 e. The highest BCUT2D eigenvalue weighted by atomic mass is 32.2. The lowest BCUT2D eigenvalue weighted by Gasteiger charge is -1.97. The summed E-state index contributed by atoms with van der Waals surface area (Å²) in [6.07, 6.45) is 1.57. The Kier molecular flexibility index (Phi) is 5.47. The van der Waals surface area contributed by atoms with Gasteiger partial charge in [-0.2, -0.15) is 0 Å². The van der Waals surface area contributed by atoms with Crippen LogP contribution in [0.5, 0.6) is 0 Å². The SMILES string of the molecule is CC(C)Sc1n[nH]c(CCc2nc(SC(C)C)n[nH]2)n1. The maximum absolute atomic E-state index is 4.45. The third kappa shape index (κ3) is 4.82. The van der Waals surface area contributed by atoms with Crippen molar-refractivity contribution >= 4 is 23.5 Å². The molecule has 2 aromatic heterocycles. The summed E-state index contributed by atoms with van der Waals surface area (Å²) in [4.78, 5) is 8.90. The van der Waals surface area contributed by atoms with E-state index in [1.165, 1.54) is 0 Å². The van der Waals surface area contributed by atoms with E-state index in [1.54, 1.807) is 23.5 Å². The largest absolute Gasteiger partial charge is 0.262 e. The predicted molar refractivity (Wildman–Crippen MR) is 82.2 cm³/mol. The molecular formula is C12H20N6S2. The third-order valence-corrected chi connectivity index (χ3v) is 4.03. The lowest BCUT2D eigenvalue weighted by molar-refractivity contribution is 0.813. The molecule has 0 aliphatic rings. The number of aromatic amines is 2. The van der Waals surface area contributed by atoms with Crippen molar-refractivity contribution in [2.24, 2.45) is 0 Å². The number of rotatable bonds is 7. The summed E-state index contributed by atoms with van der Waals surface area (Å²) in [5, 5.41) is 16.9. The van der Waals surface area contributed by atoms with Crippen LogP contribution in [0.2, 0.25) is 0 Å². The summed E-state index contributed by atoms with van der Waals surface area (Å²) in [7, 11) is 0. The highest BCUT2D eigenvalue weighted by Gasteiger charge is 2.09. The van der Waals surface area contributed by atoms with Crippen molar-refractivity contribution in [3.63, 3.8) is 0 Å². The zero-order chi connectivity index (χ0) is 14.5. The molecule has 20 heavy (non-hydrogen) atoms. The first-order valence-corrected chi connectivity index (χ1v) is 8.44. The maximum atomic E-state index is 4.45. The molecule has 0 atom stereocenters. The molecule has 0 aliphatic carbocycles. The minimum atomic E-state index is 0.489. The second-order valence-electron chi connectivity index (χ2n) is 4.96. The molecule has 0 radical (unpaired) electrons. The van der Waals surface area contributed by atoms with E-state index in [-0.39, 0.29) is 0 Å². The number of nitrogens with one attached hydrogen (secondary N) is 2. The van der Waals surface area contributed by atoms with Crippen molar-refractivity contribution in [1.82, 2.24) is 30.4 Å². The molecule has 0 aromatic carbocycles.